The largest absolute Gasteiger partial charge is 0.326 e. The summed E-state index contributed by atoms with van der Waals surface area (Å²) in [6, 6.07) is 12.2. The number of carbonyl (C=O) groups excluding carboxylic acids is 1. The van der Waals surface area contributed by atoms with Crippen LogP contribution in [0.5, 0.6) is 0 Å². The van der Waals surface area contributed by atoms with E-state index in [1.54, 1.807) is 24.3 Å². The summed E-state index contributed by atoms with van der Waals surface area (Å²) in [6.45, 7) is 5.86. The molecule has 6 nitrogen and oxygen atoms in total. The molecule has 0 radical (unpaired) electrons. The first kappa shape index (κ1) is 20.5. The number of benzene rings is 2. The maximum atomic E-state index is 12.4. The first-order valence-electron chi connectivity index (χ1n) is 8.47. The van der Waals surface area contributed by atoms with Crippen molar-refractivity contribution in [3.8, 4) is 6.07 Å². The second-order valence-electron chi connectivity index (χ2n) is 6.57. The summed E-state index contributed by atoms with van der Waals surface area (Å²) in [4.78, 5) is 12.4. The maximum Gasteiger partial charge on any atom is 0.232 e. The molecule has 27 heavy (non-hydrogen) atoms. The second kappa shape index (κ2) is 8.23. The van der Waals surface area contributed by atoms with E-state index in [2.05, 4.69) is 5.32 Å². The van der Waals surface area contributed by atoms with Gasteiger partial charge in [-0.3, -0.25) is 9.10 Å². The minimum atomic E-state index is -3.56. The van der Waals surface area contributed by atoms with Gasteiger partial charge in [0.2, 0.25) is 15.9 Å². The van der Waals surface area contributed by atoms with E-state index in [9.17, 15) is 13.2 Å². The standard InChI is InChI=1S/C20H23N3O3S/c1-14-11-15(2)20(16(3)12-14)22-19(24)9-10-23(27(4,25)26)18-7-5-17(13-21)6-8-18/h5-8,11-12H,9-10H2,1-4H3,(H,22,24). The Morgan fingerprint density at radius 3 is 2.15 bits per heavy atom. The Hall–Kier alpha value is -2.85. The molecule has 0 unspecified atom stereocenters. The molecular formula is C20H23N3O3S. The molecule has 0 bridgehead atoms. The Kier molecular flexibility index (Phi) is 6.24. The van der Waals surface area contributed by atoms with Gasteiger partial charge in [-0.15, -0.1) is 0 Å². The van der Waals surface area contributed by atoms with E-state index in [0.29, 0.717) is 11.3 Å². The molecule has 142 valence electrons. The van der Waals surface area contributed by atoms with E-state index in [1.807, 2.05) is 39.0 Å². The molecule has 1 amide bonds. The quantitative estimate of drug-likeness (QED) is 0.826. The van der Waals surface area contributed by atoms with Gasteiger partial charge in [-0.2, -0.15) is 5.26 Å². The van der Waals surface area contributed by atoms with Crippen LogP contribution < -0.4 is 9.62 Å². The van der Waals surface area contributed by atoms with Gasteiger partial charge in [0.05, 0.1) is 23.6 Å². The van der Waals surface area contributed by atoms with Crippen LogP contribution in [0.3, 0.4) is 0 Å². The van der Waals surface area contributed by atoms with Crippen LogP contribution in [0.25, 0.3) is 0 Å². The molecule has 0 aromatic heterocycles. The predicted molar refractivity (Wildman–Crippen MR) is 107 cm³/mol. The van der Waals surface area contributed by atoms with Crippen LogP contribution in [0, 0.1) is 32.1 Å². The third-order valence-electron chi connectivity index (χ3n) is 4.17. The Balaban J connectivity index is 2.13. The van der Waals surface area contributed by atoms with E-state index in [4.69, 9.17) is 5.26 Å². The molecule has 0 heterocycles. The van der Waals surface area contributed by atoms with Crippen molar-refractivity contribution in [2.24, 2.45) is 0 Å². The Morgan fingerprint density at radius 2 is 1.67 bits per heavy atom. The van der Waals surface area contributed by atoms with Crippen LogP contribution in [0.15, 0.2) is 36.4 Å². The number of rotatable bonds is 6. The fraction of sp³-hybridized carbons (Fsp3) is 0.300. The second-order valence-corrected chi connectivity index (χ2v) is 8.47. The van der Waals surface area contributed by atoms with Gasteiger partial charge in [-0.25, -0.2) is 8.42 Å². The van der Waals surface area contributed by atoms with Crippen LogP contribution in [0.2, 0.25) is 0 Å². The van der Waals surface area contributed by atoms with Gasteiger partial charge in [-0.05, 0) is 56.2 Å². The van der Waals surface area contributed by atoms with Crippen molar-refractivity contribution >= 4 is 27.3 Å². The molecule has 0 atom stereocenters. The lowest BCUT2D eigenvalue weighted by Gasteiger charge is -2.22. The van der Waals surface area contributed by atoms with Gasteiger partial charge in [0, 0.05) is 18.7 Å². The van der Waals surface area contributed by atoms with Crippen LogP contribution in [-0.2, 0) is 14.8 Å². The van der Waals surface area contributed by atoms with Crippen molar-refractivity contribution in [2.45, 2.75) is 27.2 Å². The summed E-state index contributed by atoms with van der Waals surface area (Å²) in [6.07, 6.45) is 1.11. The highest BCUT2D eigenvalue weighted by Gasteiger charge is 2.19. The lowest BCUT2D eigenvalue weighted by Crippen LogP contribution is -2.33. The monoisotopic (exact) mass is 385 g/mol. The maximum absolute atomic E-state index is 12.4. The number of nitrogens with zero attached hydrogens (tertiary/aromatic N) is 2. The summed E-state index contributed by atoms with van der Waals surface area (Å²) < 4.78 is 25.4. The van der Waals surface area contributed by atoms with Crippen LogP contribution >= 0.6 is 0 Å². The summed E-state index contributed by atoms with van der Waals surface area (Å²) >= 11 is 0. The van der Waals surface area contributed by atoms with E-state index in [1.165, 1.54) is 4.31 Å². The number of sulfonamides is 1. The van der Waals surface area contributed by atoms with Crippen molar-refractivity contribution in [1.82, 2.24) is 0 Å². The zero-order valence-corrected chi connectivity index (χ0v) is 16.7. The van der Waals surface area contributed by atoms with Gasteiger partial charge in [0.15, 0.2) is 0 Å². The third-order valence-corrected chi connectivity index (χ3v) is 5.36. The normalized spacial score (nSPS) is 10.9. The fourth-order valence-electron chi connectivity index (χ4n) is 2.97. The highest BCUT2D eigenvalue weighted by Crippen LogP contribution is 2.23. The molecule has 2 aromatic rings. The van der Waals surface area contributed by atoms with Gasteiger partial charge < -0.3 is 5.32 Å². The third kappa shape index (κ3) is 5.31. The molecular weight excluding hydrogens is 362 g/mol. The summed E-state index contributed by atoms with van der Waals surface area (Å²) in [5.41, 5.74) is 4.67. The number of nitriles is 1. The number of nitrogens with one attached hydrogen (secondary N) is 1. The number of hydrogen-bond acceptors (Lipinski definition) is 4. The van der Waals surface area contributed by atoms with Crippen LogP contribution in [-0.4, -0.2) is 27.1 Å². The lowest BCUT2D eigenvalue weighted by molar-refractivity contribution is -0.116. The smallest absolute Gasteiger partial charge is 0.232 e. The minimum Gasteiger partial charge on any atom is -0.326 e. The summed E-state index contributed by atoms with van der Waals surface area (Å²) in [5.74, 6) is -0.257. The molecule has 0 fully saturated rings. The predicted octanol–water partition coefficient (Wildman–Crippen LogP) is 3.28. The SMILES string of the molecule is Cc1cc(C)c(NC(=O)CCN(c2ccc(C#N)cc2)S(C)(=O)=O)c(C)c1. The van der Waals surface area contributed by atoms with E-state index in [-0.39, 0.29) is 18.9 Å². The molecule has 0 aliphatic rings. The van der Waals surface area contributed by atoms with Gasteiger partial charge in [-0.1, -0.05) is 17.7 Å². The fourth-order valence-corrected chi connectivity index (χ4v) is 3.90. The van der Waals surface area contributed by atoms with Crippen molar-refractivity contribution in [3.05, 3.63) is 58.7 Å². The Labute approximate surface area is 160 Å². The van der Waals surface area contributed by atoms with Crippen molar-refractivity contribution in [2.75, 3.05) is 22.4 Å². The molecule has 0 aliphatic heterocycles. The lowest BCUT2D eigenvalue weighted by atomic mass is 10.1. The van der Waals surface area contributed by atoms with Crippen molar-refractivity contribution in [3.63, 3.8) is 0 Å². The Morgan fingerprint density at radius 1 is 1.11 bits per heavy atom. The first-order valence-corrected chi connectivity index (χ1v) is 10.3. The molecule has 0 spiro atoms. The number of aryl methyl sites for hydroxylation is 3. The zero-order chi connectivity index (χ0) is 20.2. The van der Waals surface area contributed by atoms with E-state index in [0.717, 1.165) is 28.6 Å². The minimum absolute atomic E-state index is 0.0137. The van der Waals surface area contributed by atoms with Gasteiger partial charge in [0.1, 0.15) is 0 Å². The van der Waals surface area contributed by atoms with E-state index < -0.39 is 10.0 Å². The molecule has 1 N–H and O–H groups in total. The summed E-state index contributed by atoms with van der Waals surface area (Å²) in [7, 11) is -3.56. The number of amides is 1. The van der Waals surface area contributed by atoms with Gasteiger partial charge >= 0.3 is 0 Å². The number of hydrogen-bond donors (Lipinski definition) is 1. The van der Waals surface area contributed by atoms with Crippen LogP contribution in [0.1, 0.15) is 28.7 Å². The van der Waals surface area contributed by atoms with Gasteiger partial charge in [0.25, 0.3) is 0 Å². The molecule has 0 saturated carbocycles. The number of carbonyl (C=O) groups is 1. The highest BCUT2D eigenvalue weighted by molar-refractivity contribution is 7.92. The Bertz CT molecular complexity index is 967. The molecule has 2 aromatic carbocycles. The average Bonchev–Trinajstić information content (AvgIpc) is 2.57. The number of anilines is 2. The first-order chi connectivity index (χ1) is 12.6. The zero-order valence-electron chi connectivity index (χ0n) is 15.9. The molecule has 0 aliphatic carbocycles. The molecule has 0 saturated heterocycles. The molecule has 7 heteroatoms. The summed E-state index contributed by atoms with van der Waals surface area (Å²) in [5, 5.41) is 11.7. The van der Waals surface area contributed by atoms with E-state index >= 15 is 0 Å². The highest BCUT2D eigenvalue weighted by atomic mass is 32.2. The topological polar surface area (TPSA) is 90.3 Å². The van der Waals surface area contributed by atoms with Crippen molar-refractivity contribution in [1.29, 1.82) is 5.26 Å². The molecule has 2 rings (SSSR count). The van der Waals surface area contributed by atoms with Crippen molar-refractivity contribution < 1.29 is 13.2 Å². The van der Waals surface area contributed by atoms with Crippen LogP contribution in [0.4, 0.5) is 11.4 Å². The average molecular weight is 385 g/mol.